The number of aromatic nitrogens is 3. The molecule has 2 aromatic rings. The van der Waals surface area contributed by atoms with Crippen molar-refractivity contribution in [1.29, 1.82) is 0 Å². The number of nitrogens with zero attached hydrogens (tertiary/aromatic N) is 4. The average molecular weight is 474 g/mol. The zero-order chi connectivity index (χ0) is 24.4. The Bertz CT molecular complexity index is 777. The predicted molar refractivity (Wildman–Crippen MR) is 139 cm³/mol. The van der Waals surface area contributed by atoms with Gasteiger partial charge in [0, 0.05) is 32.7 Å². The minimum Gasteiger partial charge on any atom is -0.378 e. The Morgan fingerprint density at radius 1 is 0.912 bits per heavy atom. The summed E-state index contributed by atoms with van der Waals surface area (Å²) in [5.41, 5.74) is 6.64. The van der Waals surface area contributed by atoms with Crippen LogP contribution >= 0.6 is 0 Å². The number of anilines is 3. The van der Waals surface area contributed by atoms with Gasteiger partial charge >= 0.3 is 0 Å². The van der Waals surface area contributed by atoms with Gasteiger partial charge in [-0.05, 0) is 24.3 Å². The van der Waals surface area contributed by atoms with Gasteiger partial charge in [0.2, 0.25) is 17.8 Å². The lowest BCUT2D eigenvalue weighted by molar-refractivity contribution is 0.0547. The van der Waals surface area contributed by atoms with Crippen LogP contribution in [0.5, 0.6) is 0 Å². The number of ether oxygens (including phenoxy) is 2. The average Bonchev–Trinajstić information content (AvgIpc) is 2.83. The molecule has 190 valence electrons. The molecule has 0 aliphatic heterocycles. The molecule has 34 heavy (non-hydrogen) atoms. The third-order valence-corrected chi connectivity index (χ3v) is 5.07. The van der Waals surface area contributed by atoms with Gasteiger partial charge in [0.15, 0.2) is 0 Å². The van der Waals surface area contributed by atoms with E-state index in [9.17, 15) is 0 Å². The van der Waals surface area contributed by atoms with Crippen LogP contribution in [0.4, 0.5) is 17.8 Å². The molecule has 9 nitrogen and oxygen atoms in total. The second-order valence-corrected chi connectivity index (χ2v) is 8.59. The minimum absolute atomic E-state index is 0.524. The molecule has 0 amide bonds. The van der Waals surface area contributed by atoms with Crippen LogP contribution in [-0.4, -0.2) is 67.6 Å². The molecule has 9 heteroatoms. The van der Waals surface area contributed by atoms with Gasteiger partial charge in [-0.15, -0.1) is 0 Å². The molecular weight excluding hydrogens is 430 g/mol. The molecule has 0 radical (unpaired) electrons. The summed E-state index contributed by atoms with van der Waals surface area (Å²) in [5.74, 6) is 2.43. The molecule has 4 N–H and O–H groups in total. The third kappa shape index (κ3) is 11.6. The SMILES string of the molecule is CCCCN(Cc1ccccc1)c1nc(NCCOCCOCCN)nc(NCCC(C)C)n1. The zero-order valence-corrected chi connectivity index (χ0v) is 21.1. The second kappa shape index (κ2) is 17.0. The van der Waals surface area contributed by atoms with Crippen LogP contribution in [0.3, 0.4) is 0 Å². The number of hydrogen-bond acceptors (Lipinski definition) is 9. The number of nitrogens with one attached hydrogen (secondary N) is 2. The van der Waals surface area contributed by atoms with Crippen molar-refractivity contribution in [3.8, 4) is 0 Å². The number of hydrogen-bond donors (Lipinski definition) is 3. The van der Waals surface area contributed by atoms with Crippen LogP contribution < -0.4 is 21.3 Å². The molecule has 0 saturated carbocycles. The predicted octanol–water partition coefficient (Wildman–Crippen LogP) is 3.54. The standard InChI is InChI=1S/C25H43N7O2/c1-4-5-15-32(20-22-9-7-6-8-10-22)25-30-23(27-13-11-21(2)3)29-24(31-25)28-14-17-34-19-18-33-16-12-26/h6-10,21H,4-5,11-20,26H2,1-3H3,(H2,27,28,29,30,31). The maximum absolute atomic E-state index is 5.61. The zero-order valence-electron chi connectivity index (χ0n) is 21.1. The van der Waals surface area contributed by atoms with Crippen LogP contribution in [0, 0.1) is 5.92 Å². The Balaban J connectivity index is 2.07. The van der Waals surface area contributed by atoms with E-state index in [0.29, 0.717) is 63.3 Å². The molecule has 1 aromatic heterocycles. The fraction of sp³-hybridized carbons (Fsp3) is 0.640. The fourth-order valence-corrected chi connectivity index (χ4v) is 3.18. The Morgan fingerprint density at radius 2 is 1.59 bits per heavy atom. The Labute approximate surface area is 204 Å². The number of nitrogens with two attached hydrogens (primary N) is 1. The number of rotatable bonds is 19. The van der Waals surface area contributed by atoms with E-state index in [-0.39, 0.29) is 0 Å². The molecule has 0 aliphatic rings. The molecule has 0 spiro atoms. The van der Waals surface area contributed by atoms with Crippen LogP contribution in [0.1, 0.15) is 45.6 Å². The maximum atomic E-state index is 5.61. The Morgan fingerprint density at radius 3 is 2.24 bits per heavy atom. The molecule has 0 atom stereocenters. The van der Waals surface area contributed by atoms with Gasteiger partial charge in [0.05, 0.1) is 26.4 Å². The molecule has 0 unspecified atom stereocenters. The van der Waals surface area contributed by atoms with E-state index in [1.807, 2.05) is 6.07 Å². The fourth-order valence-electron chi connectivity index (χ4n) is 3.18. The quantitative estimate of drug-likeness (QED) is 0.264. The smallest absolute Gasteiger partial charge is 0.232 e. The van der Waals surface area contributed by atoms with E-state index in [4.69, 9.17) is 25.2 Å². The van der Waals surface area contributed by atoms with Gasteiger partial charge in [-0.1, -0.05) is 57.5 Å². The van der Waals surface area contributed by atoms with Gasteiger partial charge < -0.3 is 30.7 Å². The van der Waals surface area contributed by atoms with Gasteiger partial charge in [0.1, 0.15) is 0 Å². The largest absolute Gasteiger partial charge is 0.378 e. The summed E-state index contributed by atoms with van der Waals surface area (Å²) in [7, 11) is 0. The van der Waals surface area contributed by atoms with E-state index in [1.54, 1.807) is 0 Å². The van der Waals surface area contributed by atoms with Gasteiger partial charge in [-0.3, -0.25) is 0 Å². The summed E-state index contributed by atoms with van der Waals surface area (Å²) in [6, 6.07) is 10.4. The van der Waals surface area contributed by atoms with Gasteiger partial charge in [-0.25, -0.2) is 0 Å². The van der Waals surface area contributed by atoms with E-state index in [1.165, 1.54) is 5.56 Å². The summed E-state index contributed by atoms with van der Waals surface area (Å²) in [6.45, 7) is 12.4. The van der Waals surface area contributed by atoms with Gasteiger partial charge in [-0.2, -0.15) is 15.0 Å². The normalized spacial score (nSPS) is 11.1. The Hall–Kier alpha value is -2.49. The summed E-state index contributed by atoms with van der Waals surface area (Å²) >= 11 is 0. The summed E-state index contributed by atoms with van der Waals surface area (Å²) < 4.78 is 10.9. The van der Waals surface area contributed by atoms with Crippen molar-refractivity contribution in [2.45, 2.75) is 46.6 Å². The van der Waals surface area contributed by atoms with E-state index in [0.717, 1.165) is 38.9 Å². The van der Waals surface area contributed by atoms with E-state index < -0.39 is 0 Å². The van der Waals surface area contributed by atoms with Gasteiger partial charge in [0.25, 0.3) is 0 Å². The molecule has 2 rings (SSSR count). The third-order valence-electron chi connectivity index (χ3n) is 5.07. The number of unbranched alkanes of at least 4 members (excludes halogenated alkanes) is 1. The van der Waals surface area contributed by atoms with Crippen LogP contribution in [-0.2, 0) is 16.0 Å². The lowest BCUT2D eigenvalue weighted by atomic mass is 10.1. The highest BCUT2D eigenvalue weighted by Gasteiger charge is 2.14. The van der Waals surface area contributed by atoms with Crippen molar-refractivity contribution in [3.05, 3.63) is 35.9 Å². The van der Waals surface area contributed by atoms with Crippen LogP contribution in [0.2, 0.25) is 0 Å². The molecule has 0 fully saturated rings. The van der Waals surface area contributed by atoms with Crippen LogP contribution in [0.15, 0.2) is 30.3 Å². The molecular formula is C25H43N7O2. The molecule has 0 aliphatic carbocycles. The van der Waals surface area contributed by atoms with Crippen molar-refractivity contribution >= 4 is 17.8 Å². The summed E-state index contributed by atoms with van der Waals surface area (Å²) in [5, 5.41) is 6.66. The van der Waals surface area contributed by atoms with Crippen LogP contribution in [0.25, 0.3) is 0 Å². The molecule has 1 aromatic carbocycles. The maximum Gasteiger partial charge on any atom is 0.232 e. The first-order chi connectivity index (χ1) is 16.6. The van der Waals surface area contributed by atoms with E-state index in [2.05, 4.69) is 65.6 Å². The highest BCUT2D eigenvalue weighted by atomic mass is 16.5. The highest BCUT2D eigenvalue weighted by Crippen LogP contribution is 2.18. The van der Waals surface area contributed by atoms with Crippen molar-refractivity contribution in [3.63, 3.8) is 0 Å². The molecule has 0 saturated heterocycles. The molecule has 1 heterocycles. The van der Waals surface area contributed by atoms with E-state index >= 15 is 0 Å². The Kier molecular flexibility index (Phi) is 13.9. The lowest BCUT2D eigenvalue weighted by Crippen LogP contribution is -2.27. The first kappa shape index (κ1) is 27.8. The van der Waals surface area contributed by atoms with Crippen molar-refractivity contribution in [1.82, 2.24) is 15.0 Å². The monoisotopic (exact) mass is 473 g/mol. The van der Waals surface area contributed by atoms with Crippen molar-refractivity contribution < 1.29 is 9.47 Å². The first-order valence-corrected chi connectivity index (χ1v) is 12.5. The van der Waals surface area contributed by atoms with Crippen molar-refractivity contribution in [2.75, 3.05) is 68.1 Å². The number of benzene rings is 1. The highest BCUT2D eigenvalue weighted by molar-refractivity contribution is 5.44. The second-order valence-electron chi connectivity index (χ2n) is 8.59. The topological polar surface area (TPSA) is 110 Å². The lowest BCUT2D eigenvalue weighted by Gasteiger charge is -2.23. The van der Waals surface area contributed by atoms with Crippen molar-refractivity contribution in [2.24, 2.45) is 11.7 Å². The summed E-state index contributed by atoms with van der Waals surface area (Å²) in [6.07, 6.45) is 3.22. The first-order valence-electron chi connectivity index (χ1n) is 12.5. The minimum atomic E-state index is 0.524. The summed E-state index contributed by atoms with van der Waals surface area (Å²) in [4.78, 5) is 16.3. The molecule has 0 bridgehead atoms.